The number of nitrogens with zero attached hydrogens (tertiary/aromatic N) is 2. The van der Waals surface area contributed by atoms with Gasteiger partial charge in [0.1, 0.15) is 18.0 Å². The number of halogens is 2. The summed E-state index contributed by atoms with van der Waals surface area (Å²) in [5.74, 6) is -3.18. The zero-order valence-corrected chi connectivity index (χ0v) is 22.0. The predicted octanol–water partition coefficient (Wildman–Crippen LogP) is 7.15. The summed E-state index contributed by atoms with van der Waals surface area (Å²) in [7, 11) is 0. The van der Waals surface area contributed by atoms with Crippen LogP contribution in [0.1, 0.15) is 36.7 Å². The van der Waals surface area contributed by atoms with Crippen molar-refractivity contribution in [3.8, 4) is 16.9 Å². The first-order valence-electron chi connectivity index (χ1n) is 11.4. The van der Waals surface area contributed by atoms with E-state index in [-0.39, 0.29) is 39.9 Å². The third-order valence-electron chi connectivity index (χ3n) is 4.95. The minimum Gasteiger partial charge on any atom is -0.488 e. The van der Waals surface area contributed by atoms with Crippen molar-refractivity contribution in [3.05, 3.63) is 94.8 Å². The Kier molecular flexibility index (Phi) is 9.20. The lowest BCUT2D eigenvalue weighted by atomic mass is 9.95. The molecule has 0 aliphatic carbocycles. The van der Waals surface area contributed by atoms with Crippen LogP contribution in [-0.4, -0.2) is 29.0 Å². The lowest BCUT2D eigenvalue weighted by Gasteiger charge is -2.19. The molecule has 3 rings (SSSR count). The van der Waals surface area contributed by atoms with Crippen molar-refractivity contribution in [2.45, 2.75) is 33.0 Å². The van der Waals surface area contributed by atoms with Crippen LogP contribution in [0.4, 0.5) is 19.3 Å². The van der Waals surface area contributed by atoms with E-state index in [1.807, 2.05) is 30.3 Å². The Balaban J connectivity index is 2.13. The van der Waals surface area contributed by atoms with Gasteiger partial charge in [-0.05, 0) is 44.7 Å². The van der Waals surface area contributed by atoms with Gasteiger partial charge >= 0.3 is 6.09 Å². The highest BCUT2D eigenvalue weighted by Crippen LogP contribution is 2.41. The van der Waals surface area contributed by atoms with Crippen LogP contribution in [0, 0.1) is 18.2 Å². The SMILES string of the molecule is [C-]#[N+]c1ccc(OCc2ccccc2)c(C(=O)NC(=NC(=O)OC(C)(C)C)SC)c1-c1cccc(F)c1F. The van der Waals surface area contributed by atoms with Gasteiger partial charge in [-0.25, -0.2) is 18.4 Å². The fraction of sp³-hybridized carbons (Fsp3) is 0.214. The Morgan fingerprint density at radius 3 is 2.39 bits per heavy atom. The first-order chi connectivity index (χ1) is 18.0. The fourth-order valence-corrected chi connectivity index (χ4v) is 3.73. The standard InChI is InChI=1S/C28H25F2N3O4S/c1-28(2,3)37-27(35)33-26(38-5)32-25(34)23-21(36-16-17-10-7-6-8-11-17)15-14-20(31-4)22(23)18-12-9-13-19(29)24(18)30/h6-15H,16H2,1-3,5H3,(H,32,33,34,35). The molecule has 2 amide bonds. The van der Waals surface area contributed by atoms with Gasteiger partial charge in [-0.15, -0.1) is 0 Å². The van der Waals surface area contributed by atoms with Gasteiger partial charge in [0.25, 0.3) is 5.91 Å². The van der Waals surface area contributed by atoms with Crippen LogP contribution < -0.4 is 10.1 Å². The molecular formula is C28H25F2N3O4S. The van der Waals surface area contributed by atoms with Gasteiger partial charge in [0, 0.05) is 11.1 Å². The van der Waals surface area contributed by atoms with Crippen LogP contribution in [-0.2, 0) is 11.3 Å². The molecule has 3 aromatic carbocycles. The summed E-state index contributed by atoms with van der Waals surface area (Å²) in [6.45, 7) is 12.7. The Hall–Kier alpha value is -4.23. The highest BCUT2D eigenvalue weighted by molar-refractivity contribution is 8.13. The Bertz CT molecular complexity index is 1410. The van der Waals surface area contributed by atoms with Gasteiger partial charge in [-0.3, -0.25) is 4.79 Å². The molecule has 0 saturated heterocycles. The summed E-state index contributed by atoms with van der Waals surface area (Å²) in [5, 5.41) is 2.41. The molecule has 0 aromatic heterocycles. The number of rotatable bonds is 5. The van der Waals surface area contributed by atoms with E-state index in [2.05, 4.69) is 15.2 Å². The molecule has 38 heavy (non-hydrogen) atoms. The molecule has 0 atom stereocenters. The van der Waals surface area contributed by atoms with Crippen molar-refractivity contribution in [3.63, 3.8) is 0 Å². The van der Waals surface area contributed by atoms with E-state index >= 15 is 0 Å². The van der Waals surface area contributed by atoms with Gasteiger partial charge in [0.05, 0.1) is 12.1 Å². The molecule has 3 aromatic rings. The van der Waals surface area contributed by atoms with Gasteiger partial charge in [0.15, 0.2) is 22.5 Å². The molecule has 0 saturated carbocycles. The van der Waals surface area contributed by atoms with E-state index in [0.29, 0.717) is 0 Å². The number of amidine groups is 1. The normalized spacial score (nSPS) is 11.4. The Morgan fingerprint density at radius 1 is 1.05 bits per heavy atom. The molecule has 0 fully saturated rings. The van der Waals surface area contributed by atoms with Crippen LogP contribution in [0.3, 0.4) is 0 Å². The summed E-state index contributed by atoms with van der Waals surface area (Å²) in [6.07, 6.45) is 0.660. The zero-order valence-electron chi connectivity index (χ0n) is 21.2. The number of thioether (sulfide) groups is 1. The zero-order chi connectivity index (χ0) is 27.9. The molecule has 0 unspecified atom stereocenters. The second-order valence-electron chi connectivity index (χ2n) is 8.88. The maximum atomic E-state index is 14.9. The van der Waals surface area contributed by atoms with Gasteiger partial charge in [-0.1, -0.05) is 60.3 Å². The quantitative estimate of drug-likeness (QED) is 0.212. The highest BCUT2D eigenvalue weighted by atomic mass is 32.2. The van der Waals surface area contributed by atoms with Crippen LogP contribution >= 0.6 is 11.8 Å². The lowest BCUT2D eigenvalue weighted by molar-refractivity contribution is 0.0604. The topological polar surface area (TPSA) is 81.4 Å². The summed E-state index contributed by atoms with van der Waals surface area (Å²) >= 11 is 0.962. The number of amides is 2. The maximum Gasteiger partial charge on any atom is 0.436 e. The van der Waals surface area contributed by atoms with Crippen molar-refractivity contribution >= 4 is 34.6 Å². The molecule has 0 spiro atoms. The molecule has 0 aliphatic heterocycles. The largest absolute Gasteiger partial charge is 0.488 e. The number of carbonyl (C=O) groups is 2. The van der Waals surface area contributed by atoms with Crippen LogP contribution in [0.15, 0.2) is 65.7 Å². The predicted molar refractivity (Wildman–Crippen MR) is 143 cm³/mol. The number of aliphatic imine (C=N–C) groups is 1. The van der Waals surface area contributed by atoms with Crippen molar-refractivity contribution < 1.29 is 27.8 Å². The van der Waals surface area contributed by atoms with Crippen LogP contribution in [0.2, 0.25) is 0 Å². The minimum atomic E-state index is -1.22. The van der Waals surface area contributed by atoms with Crippen molar-refractivity contribution in [1.29, 1.82) is 0 Å². The monoisotopic (exact) mass is 537 g/mol. The molecule has 196 valence electrons. The van der Waals surface area contributed by atoms with Crippen molar-refractivity contribution in [2.75, 3.05) is 6.26 Å². The fourth-order valence-electron chi connectivity index (χ4n) is 3.37. The molecule has 0 radical (unpaired) electrons. The number of hydrogen-bond acceptors (Lipinski definition) is 5. The molecule has 7 nitrogen and oxygen atoms in total. The smallest absolute Gasteiger partial charge is 0.436 e. The molecule has 1 N–H and O–H groups in total. The van der Waals surface area contributed by atoms with Crippen LogP contribution in [0.5, 0.6) is 5.75 Å². The average molecular weight is 538 g/mol. The summed E-state index contributed by atoms with van der Waals surface area (Å²) in [6, 6.07) is 15.4. The maximum absolute atomic E-state index is 14.9. The third kappa shape index (κ3) is 7.17. The van der Waals surface area contributed by atoms with E-state index in [1.54, 1.807) is 27.0 Å². The van der Waals surface area contributed by atoms with Gasteiger partial charge in [0.2, 0.25) is 0 Å². The number of benzene rings is 3. The Morgan fingerprint density at radius 2 is 1.76 bits per heavy atom. The number of ether oxygens (including phenoxy) is 2. The second kappa shape index (κ2) is 12.3. The molecule has 0 heterocycles. The van der Waals surface area contributed by atoms with Crippen LogP contribution in [0.25, 0.3) is 16.0 Å². The molecule has 0 bridgehead atoms. The average Bonchev–Trinajstić information content (AvgIpc) is 2.87. The van der Waals surface area contributed by atoms with E-state index in [1.165, 1.54) is 24.3 Å². The van der Waals surface area contributed by atoms with E-state index in [0.717, 1.165) is 23.4 Å². The molecule has 0 aliphatic rings. The Labute approximate surface area is 223 Å². The third-order valence-corrected chi connectivity index (χ3v) is 5.53. The minimum absolute atomic E-state index is 0.0233. The lowest BCUT2D eigenvalue weighted by Crippen LogP contribution is -2.31. The van der Waals surface area contributed by atoms with E-state index in [4.69, 9.17) is 16.0 Å². The van der Waals surface area contributed by atoms with Gasteiger partial charge in [-0.2, -0.15) is 4.99 Å². The number of hydrogen-bond donors (Lipinski definition) is 1. The van der Waals surface area contributed by atoms with E-state index < -0.39 is 29.2 Å². The van der Waals surface area contributed by atoms with Crippen molar-refractivity contribution in [1.82, 2.24) is 5.32 Å². The van der Waals surface area contributed by atoms with Crippen molar-refractivity contribution in [2.24, 2.45) is 4.99 Å². The summed E-state index contributed by atoms with van der Waals surface area (Å²) < 4.78 is 40.2. The second-order valence-corrected chi connectivity index (χ2v) is 9.67. The summed E-state index contributed by atoms with van der Waals surface area (Å²) in [4.78, 5) is 33.0. The summed E-state index contributed by atoms with van der Waals surface area (Å²) in [5.41, 5.74) is -0.772. The van der Waals surface area contributed by atoms with Gasteiger partial charge < -0.3 is 14.8 Å². The molecule has 10 heteroatoms. The first kappa shape index (κ1) is 28.3. The van der Waals surface area contributed by atoms with E-state index in [9.17, 15) is 18.4 Å². The number of nitrogens with one attached hydrogen (secondary N) is 1. The highest BCUT2D eigenvalue weighted by Gasteiger charge is 2.26. The number of carbonyl (C=O) groups excluding carboxylic acids is 2. The molecular weight excluding hydrogens is 512 g/mol. The first-order valence-corrected chi connectivity index (χ1v) is 12.6.